The third-order valence-corrected chi connectivity index (χ3v) is 10.5. The Labute approximate surface area is 171 Å². The molecule has 0 aliphatic heterocycles. The Hall–Kier alpha value is -2.16. The number of benzene rings is 3. The van der Waals surface area contributed by atoms with Gasteiger partial charge in [-0.2, -0.15) is 0 Å². The fourth-order valence-corrected chi connectivity index (χ4v) is 8.38. The minimum absolute atomic E-state index is 0.175. The summed E-state index contributed by atoms with van der Waals surface area (Å²) in [6.45, 7) is 6.85. The molecule has 0 amide bonds. The van der Waals surface area contributed by atoms with Crippen LogP contribution in [0.3, 0.4) is 0 Å². The van der Waals surface area contributed by atoms with E-state index in [-0.39, 0.29) is 5.04 Å². The van der Waals surface area contributed by atoms with Gasteiger partial charge in [-0.05, 0) is 46.2 Å². The van der Waals surface area contributed by atoms with Crippen molar-refractivity contribution in [3.8, 4) is 0 Å². The molecule has 0 aliphatic rings. The summed E-state index contributed by atoms with van der Waals surface area (Å²) in [7, 11) is -2.90. The molecule has 3 rings (SSSR count). The van der Waals surface area contributed by atoms with Gasteiger partial charge in [0.05, 0.1) is 0 Å². The minimum atomic E-state index is -2.90. The van der Waals surface area contributed by atoms with Crippen molar-refractivity contribution < 1.29 is 4.80 Å². The van der Waals surface area contributed by atoms with Crippen LogP contribution in [0.1, 0.15) is 39.2 Å². The predicted octanol–water partition coefficient (Wildman–Crippen LogP) is 5.18. The van der Waals surface area contributed by atoms with Crippen molar-refractivity contribution in [2.45, 2.75) is 45.1 Å². The molecule has 0 spiro atoms. The molecule has 0 bridgehead atoms. The molecule has 3 aromatic rings. The lowest BCUT2D eigenvalue weighted by Crippen LogP contribution is -2.65. The molecular weight excluding hydrogens is 356 g/mol. The topological polar surface area (TPSA) is 20.2 Å². The van der Waals surface area contributed by atoms with Crippen LogP contribution in [0.4, 0.5) is 0 Å². The van der Waals surface area contributed by atoms with Crippen LogP contribution in [0, 0.1) is 5.92 Å². The van der Waals surface area contributed by atoms with Crippen LogP contribution < -0.4 is 10.4 Å². The van der Waals surface area contributed by atoms with Gasteiger partial charge in [0.15, 0.2) is 0 Å². The van der Waals surface area contributed by atoms with Crippen LogP contribution >= 0.6 is 0 Å². The van der Waals surface area contributed by atoms with Gasteiger partial charge in [0.1, 0.15) is 0 Å². The highest BCUT2D eigenvalue weighted by Gasteiger charge is 2.50. The second kappa shape index (κ2) is 8.89. The van der Waals surface area contributed by atoms with Gasteiger partial charge >= 0.3 is 0 Å². The molecule has 0 aromatic heterocycles. The molecule has 2 heteroatoms. The van der Waals surface area contributed by atoms with Crippen LogP contribution in [0.25, 0.3) is 0 Å². The lowest BCUT2D eigenvalue weighted by molar-refractivity contribution is 0.385. The van der Waals surface area contributed by atoms with Gasteiger partial charge in [-0.3, -0.25) is 0 Å². The normalized spacial score (nSPS) is 13.3. The lowest BCUT2D eigenvalue weighted by atomic mass is 9.92. The molecule has 0 saturated heterocycles. The fourth-order valence-electron chi connectivity index (χ4n) is 4.49. The summed E-state index contributed by atoms with van der Waals surface area (Å²) in [6.07, 6.45) is 3.24. The third kappa shape index (κ3) is 4.45. The van der Waals surface area contributed by atoms with Gasteiger partial charge in [-0.1, -0.05) is 112 Å². The zero-order chi connectivity index (χ0) is 20.0. The van der Waals surface area contributed by atoms with Gasteiger partial charge in [-0.25, -0.2) is 0 Å². The third-order valence-electron chi connectivity index (χ3n) is 5.99. The Bertz CT molecular complexity index is 804. The highest BCUT2D eigenvalue weighted by molar-refractivity contribution is 6.98. The zero-order valence-electron chi connectivity index (χ0n) is 17.3. The molecule has 0 saturated carbocycles. The first-order valence-electron chi connectivity index (χ1n) is 10.3. The number of rotatable bonds is 8. The molecule has 0 radical (unpaired) electrons. The van der Waals surface area contributed by atoms with E-state index < -0.39 is 8.32 Å². The van der Waals surface area contributed by atoms with Gasteiger partial charge < -0.3 is 4.80 Å². The van der Waals surface area contributed by atoms with E-state index in [0.29, 0.717) is 5.92 Å². The van der Waals surface area contributed by atoms with E-state index >= 15 is 0 Å². The summed E-state index contributed by atoms with van der Waals surface area (Å²) < 4.78 is 0. The molecular formula is C26H32OSi. The number of hydrogen-bond acceptors (Lipinski definition) is 1. The summed E-state index contributed by atoms with van der Waals surface area (Å²) in [4.78, 5) is 12.3. The Kier molecular flexibility index (Phi) is 6.53. The van der Waals surface area contributed by atoms with Gasteiger partial charge in [-0.15, -0.1) is 0 Å². The number of aryl methyl sites for hydroxylation is 1. The Morgan fingerprint density at radius 1 is 0.750 bits per heavy atom. The Balaban J connectivity index is 1.84. The predicted molar refractivity (Wildman–Crippen MR) is 123 cm³/mol. The van der Waals surface area contributed by atoms with E-state index in [4.69, 9.17) is 0 Å². The summed E-state index contributed by atoms with van der Waals surface area (Å²) in [5.74, 6) is 0.543. The maximum absolute atomic E-state index is 12.3. The van der Waals surface area contributed by atoms with Crippen molar-refractivity contribution in [1.82, 2.24) is 0 Å². The maximum Gasteiger partial charge on any atom is 0.258 e. The number of hydrogen-bond donors (Lipinski definition) is 1. The molecule has 1 N–H and O–H groups in total. The van der Waals surface area contributed by atoms with Crippen LogP contribution in [0.2, 0.25) is 5.04 Å². The average molecular weight is 389 g/mol. The molecule has 0 aliphatic carbocycles. The highest BCUT2D eigenvalue weighted by atomic mass is 28.4. The van der Waals surface area contributed by atoms with Crippen LogP contribution in [0.15, 0.2) is 91.0 Å². The molecule has 1 atom stereocenters. The highest BCUT2D eigenvalue weighted by Crippen LogP contribution is 2.42. The lowest BCUT2D eigenvalue weighted by Gasteiger charge is -2.42. The summed E-state index contributed by atoms with van der Waals surface area (Å²) in [5, 5.41) is 2.02. The van der Waals surface area contributed by atoms with E-state index in [1.54, 1.807) is 0 Å². The van der Waals surface area contributed by atoms with Crippen LogP contribution in [-0.4, -0.2) is 13.1 Å². The first-order valence-corrected chi connectivity index (χ1v) is 12.3. The molecule has 0 heterocycles. The van der Waals surface area contributed by atoms with E-state index in [0.717, 1.165) is 29.6 Å². The van der Waals surface area contributed by atoms with Gasteiger partial charge in [0.2, 0.25) is 0 Å². The van der Waals surface area contributed by atoms with Crippen molar-refractivity contribution in [3.05, 3.63) is 96.6 Å². The first-order chi connectivity index (χ1) is 13.4. The Morgan fingerprint density at radius 2 is 1.18 bits per heavy atom. The van der Waals surface area contributed by atoms with Crippen molar-refractivity contribution in [3.63, 3.8) is 0 Å². The zero-order valence-corrected chi connectivity index (χ0v) is 18.3. The van der Waals surface area contributed by atoms with E-state index in [1.807, 2.05) is 36.4 Å². The van der Waals surface area contributed by atoms with Crippen molar-refractivity contribution in [1.29, 1.82) is 0 Å². The molecule has 146 valence electrons. The Morgan fingerprint density at radius 3 is 1.64 bits per heavy atom. The summed E-state index contributed by atoms with van der Waals surface area (Å²) in [6, 6.07) is 31.4. The van der Waals surface area contributed by atoms with Crippen molar-refractivity contribution in [2.75, 3.05) is 0 Å². The van der Waals surface area contributed by atoms with E-state index in [2.05, 4.69) is 75.4 Å². The maximum atomic E-state index is 12.3. The molecule has 1 unspecified atom stereocenters. The van der Waals surface area contributed by atoms with Gasteiger partial charge in [0, 0.05) is 0 Å². The van der Waals surface area contributed by atoms with E-state index in [1.165, 1.54) is 5.56 Å². The quantitative estimate of drug-likeness (QED) is 0.527. The van der Waals surface area contributed by atoms with Crippen molar-refractivity contribution in [2.24, 2.45) is 5.92 Å². The van der Waals surface area contributed by atoms with Crippen LogP contribution in [-0.2, 0) is 6.42 Å². The van der Waals surface area contributed by atoms with Gasteiger partial charge in [0.25, 0.3) is 8.32 Å². The van der Waals surface area contributed by atoms with Crippen LogP contribution in [0.5, 0.6) is 0 Å². The summed E-state index contributed by atoms with van der Waals surface area (Å²) in [5.41, 5.74) is 1.39. The minimum Gasteiger partial charge on any atom is -0.424 e. The standard InChI is InChI=1S/C26H32OSi/c1-22(19-20-23-13-7-4-8-14-23)21-26(2,3)28(27,24-15-9-5-10-16-24)25-17-11-6-12-18-25/h4-18,22,27H,19-21H2,1-3H3. The summed E-state index contributed by atoms with van der Waals surface area (Å²) >= 11 is 0. The average Bonchev–Trinajstić information content (AvgIpc) is 2.73. The second-order valence-electron chi connectivity index (χ2n) is 8.66. The molecule has 3 aromatic carbocycles. The first kappa shape index (κ1) is 20.6. The molecule has 0 fully saturated rings. The van der Waals surface area contributed by atoms with Crippen molar-refractivity contribution >= 4 is 18.7 Å². The SMILES string of the molecule is CC(CCc1ccccc1)CC(C)(C)[Si](O)(c1ccccc1)c1ccccc1. The molecule has 28 heavy (non-hydrogen) atoms. The fraction of sp³-hybridized carbons (Fsp3) is 0.308. The smallest absolute Gasteiger partial charge is 0.258 e. The van der Waals surface area contributed by atoms with E-state index in [9.17, 15) is 4.80 Å². The second-order valence-corrected chi connectivity index (χ2v) is 12.6. The molecule has 1 nitrogen and oxygen atoms in total. The largest absolute Gasteiger partial charge is 0.424 e. The monoisotopic (exact) mass is 388 g/mol.